The Morgan fingerprint density at radius 3 is 2.45 bits per heavy atom. The highest BCUT2D eigenvalue weighted by Gasteiger charge is 2.35. The maximum Gasteiger partial charge on any atom is 0.303 e. The standard InChI is InChI=1S/C15H19FO4/c1-19-13-7-14(20-2)12(5-10(13)8-16)11(6-15(17)18)9-3-4-9/h5,7,9,11H,3-4,6,8H2,1-2H3,(H,17,18). The molecule has 1 N–H and O–H groups in total. The molecule has 1 unspecified atom stereocenters. The third-order valence-corrected chi connectivity index (χ3v) is 3.76. The van der Waals surface area contributed by atoms with Gasteiger partial charge in [0.25, 0.3) is 0 Å². The van der Waals surface area contributed by atoms with Crippen molar-refractivity contribution < 1.29 is 23.8 Å². The third-order valence-electron chi connectivity index (χ3n) is 3.76. The van der Waals surface area contributed by atoms with Crippen LogP contribution in [0.2, 0.25) is 0 Å². The zero-order valence-corrected chi connectivity index (χ0v) is 11.7. The fourth-order valence-corrected chi connectivity index (χ4v) is 2.60. The Balaban J connectivity index is 2.43. The molecular weight excluding hydrogens is 263 g/mol. The highest BCUT2D eigenvalue weighted by molar-refractivity contribution is 5.68. The van der Waals surface area contributed by atoms with Gasteiger partial charge in [-0.1, -0.05) is 0 Å². The van der Waals surface area contributed by atoms with Gasteiger partial charge in [-0.25, -0.2) is 4.39 Å². The number of hydrogen-bond acceptors (Lipinski definition) is 3. The van der Waals surface area contributed by atoms with Crippen LogP contribution in [0.3, 0.4) is 0 Å². The molecule has 0 spiro atoms. The largest absolute Gasteiger partial charge is 0.496 e. The molecule has 20 heavy (non-hydrogen) atoms. The Bertz CT molecular complexity index is 497. The summed E-state index contributed by atoms with van der Waals surface area (Å²) in [6.45, 7) is -0.648. The van der Waals surface area contributed by atoms with E-state index in [0.29, 0.717) is 23.0 Å². The number of benzene rings is 1. The zero-order valence-electron chi connectivity index (χ0n) is 11.7. The molecule has 1 aliphatic carbocycles. The van der Waals surface area contributed by atoms with Crippen LogP contribution in [0.1, 0.15) is 36.3 Å². The number of hydrogen-bond donors (Lipinski definition) is 1. The molecule has 0 bridgehead atoms. The first-order valence-electron chi connectivity index (χ1n) is 6.63. The molecule has 0 amide bonds. The van der Waals surface area contributed by atoms with Crippen molar-refractivity contribution >= 4 is 5.97 Å². The van der Waals surface area contributed by atoms with Crippen LogP contribution in [0.5, 0.6) is 11.5 Å². The third kappa shape index (κ3) is 3.03. The van der Waals surface area contributed by atoms with Crippen LogP contribution >= 0.6 is 0 Å². The second kappa shape index (κ2) is 6.11. The van der Waals surface area contributed by atoms with Gasteiger partial charge in [-0.15, -0.1) is 0 Å². The summed E-state index contributed by atoms with van der Waals surface area (Å²) in [5, 5.41) is 9.07. The summed E-state index contributed by atoms with van der Waals surface area (Å²) in [4.78, 5) is 11.1. The van der Waals surface area contributed by atoms with Gasteiger partial charge in [-0.3, -0.25) is 4.79 Å². The number of methoxy groups -OCH3 is 2. The molecule has 5 heteroatoms. The van der Waals surface area contributed by atoms with Crippen molar-refractivity contribution in [3.63, 3.8) is 0 Å². The minimum Gasteiger partial charge on any atom is -0.496 e. The summed E-state index contributed by atoms with van der Waals surface area (Å²) in [5.41, 5.74) is 1.20. The molecule has 0 heterocycles. The molecule has 0 aliphatic heterocycles. The number of carboxylic acids is 1. The second-order valence-corrected chi connectivity index (χ2v) is 5.08. The highest BCUT2D eigenvalue weighted by Crippen LogP contribution is 2.48. The molecule has 0 radical (unpaired) electrons. The molecule has 1 aromatic carbocycles. The van der Waals surface area contributed by atoms with Crippen LogP contribution in [0, 0.1) is 5.92 Å². The quantitative estimate of drug-likeness (QED) is 0.834. The number of halogens is 1. The number of carboxylic acid groups (broad SMARTS) is 1. The minimum absolute atomic E-state index is 0.0408. The van der Waals surface area contributed by atoms with Gasteiger partial charge >= 0.3 is 5.97 Å². The maximum absolute atomic E-state index is 13.1. The molecule has 2 rings (SSSR count). The van der Waals surface area contributed by atoms with Crippen molar-refractivity contribution in [3.8, 4) is 11.5 Å². The average Bonchev–Trinajstić information content (AvgIpc) is 3.27. The Morgan fingerprint density at radius 1 is 1.35 bits per heavy atom. The Labute approximate surface area is 117 Å². The maximum atomic E-state index is 13.1. The van der Waals surface area contributed by atoms with Crippen molar-refractivity contribution in [2.45, 2.75) is 31.9 Å². The summed E-state index contributed by atoms with van der Waals surface area (Å²) < 4.78 is 23.6. The summed E-state index contributed by atoms with van der Waals surface area (Å²) in [7, 11) is 3.00. The molecule has 1 aromatic rings. The average molecular weight is 282 g/mol. The van der Waals surface area contributed by atoms with Crippen LogP contribution < -0.4 is 9.47 Å². The Hall–Kier alpha value is -1.78. The van der Waals surface area contributed by atoms with Crippen molar-refractivity contribution in [1.29, 1.82) is 0 Å². The summed E-state index contributed by atoms with van der Waals surface area (Å²) in [6.07, 6.45) is 2.06. The molecule has 1 fully saturated rings. The van der Waals surface area contributed by atoms with Gasteiger partial charge in [0.1, 0.15) is 18.2 Å². The van der Waals surface area contributed by atoms with Crippen LogP contribution in [0.25, 0.3) is 0 Å². The van der Waals surface area contributed by atoms with E-state index in [1.54, 1.807) is 12.1 Å². The van der Waals surface area contributed by atoms with Crippen LogP contribution in [-0.2, 0) is 11.5 Å². The highest BCUT2D eigenvalue weighted by atomic mass is 19.1. The van der Waals surface area contributed by atoms with Gasteiger partial charge in [0, 0.05) is 17.5 Å². The van der Waals surface area contributed by atoms with Gasteiger partial charge in [-0.2, -0.15) is 0 Å². The summed E-state index contributed by atoms with van der Waals surface area (Å²) in [5.74, 6) is 0.372. The summed E-state index contributed by atoms with van der Waals surface area (Å²) in [6, 6.07) is 3.32. The van der Waals surface area contributed by atoms with E-state index in [1.807, 2.05) is 0 Å². The van der Waals surface area contributed by atoms with Gasteiger partial charge in [0.05, 0.1) is 20.6 Å². The lowest BCUT2D eigenvalue weighted by Gasteiger charge is -2.20. The van der Waals surface area contributed by atoms with Crippen molar-refractivity contribution in [3.05, 3.63) is 23.3 Å². The van der Waals surface area contributed by atoms with Gasteiger partial charge in [-0.05, 0) is 30.4 Å². The zero-order chi connectivity index (χ0) is 14.7. The SMILES string of the molecule is COc1cc(OC)c(C(CC(=O)O)C2CC2)cc1CF. The fourth-order valence-electron chi connectivity index (χ4n) is 2.60. The Kier molecular flexibility index (Phi) is 4.47. The molecule has 1 atom stereocenters. The number of ether oxygens (including phenoxy) is 2. The van der Waals surface area contributed by atoms with E-state index in [2.05, 4.69) is 0 Å². The minimum atomic E-state index is -0.846. The van der Waals surface area contributed by atoms with Crippen molar-refractivity contribution in [2.75, 3.05) is 14.2 Å². The van der Waals surface area contributed by atoms with Crippen molar-refractivity contribution in [2.24, 2.45) is 5.92 Å². The van der Waals surface area contributed by atoms with E-state index in [4.69, 9.17) is 14.6 Å². The lowest BCUT2D eigenvalue weighted by Crippen LogP contribution is -2.10. The van der Waals surface area contributed by atoms with Crippen LogP contribution in [-0.4, -0.2) is 25.3 Å². The molecular formula is C15H19FO4. The predicted molar refractivity (Wildman–Crippen MR) is 72.1 cm³/mol. The molecule has 0 aromatic heterocycles. The number of aliphatic carboxylic acids is 1. The fraction of sp³-hybridized carbons (Fsp3) is 0.533. The molecule has 1 aliphatic rings. The molecule has 4 nitrogen and oxygen atoms in total. The first kappa shape index (κ1) is 14.6. The van der Waals surface area contributed by atoms with E-state index in [1.165, 1.54) is 14.2 Å². The summed E-state index contributed by atoms with van der Waals surface area (Å²) >= 11 is 0. The number of rotatable bonds is 7. The van der Waals surface area contributed by atoms with E-state index in [0.717, 1.165) is 18.4 Å². The first-order valence-corrected chi connectivity index (χ1v) is 6.63. The molecule has 110 valence electrons. The van der Waals surface area contributed by atoms with Crippen molar-refractivity contribution in [1.82, 2.24) is 0 Å². The van der Waals surface area contributed by atoms with E-state index >= 15 is 0 Å². The normalized spacial score (nSPS) is 15.8. The predicted octanol–water partition coefficient (Wildman–Crippen LogP) is 3.14. The van der Waals surface area contributed by atoms with Gasteiger partial charge in [0.2, 0.25) is 0 Å². The first-order chi connectivity index (χ1) is 9.60. The monoisotopic (exact) mass is 282 g/mol. The van der Waals surface area contributed by atoms with Crippen LogP contribution in [0.4, 0.5) is 4.39 Å². The topological polar surface area (TPSA) is 55.8 Å². The lowest BCUT2D eigenvalue weighted by atomic mass is 9.89. The smallest absolute Gasteiger partial charge is 0.303 e. The lowest BCUT2D eigenvalue weighted by molar-refractivity contribution is -0.137. The van der Waals surface area contributed by atoms with E-state index < -0.39 is 12.6 Å². The van der Waals surface area contributed by atoms with Crippen LogP contribution in [0.15, 0.2) is 12.1 Å². The number of carbonyl (C=O) groups is 1. The number of alkyl halides is 1. The molecule has 1 saturated carbocycles. The second-order valence-electron chi connectivity index (χ2n) is 5.08. The Morgan fingerprint density at radius 2 is 2.00 bits per heavy atom. The van der Waals surface area contributed by atoms with E-state index in [9.17, 15) is 9.18 Å². The van der Waals surface area contributed by atoms with Gasteiger partial charge in [0.15, 0.2) is 0 Å². The molecule has 0 saturated heterocycles. The van der Waals surface area contributed by atoms with Gasteiger partial charge < -0.3 is 14.6 Å². The van der Waals surface area contributed by atoms with E-state index in [-0.39, 0.29) is 12.3 Å².